The van der Waals surface area contributed by atoms with Crippen LogP contribution in [0.15, 0.2) is 54.6 Å². The summed E-state index contributed by atoms with van der Waals surface area (Å²) in [6.45, 7) is 3.20. The van der Waals surface area contributed by atoms with Gasteiger partial charge in [0.05, 0.1) is 17.1 Å². The topological polar surface area (TPSA) is 61.2 Å². The van der Waals surface area contributed by atoms with E-state index < -0.39 is 5.97 Å². The van der Waals surface area contributed by atoms with E-state index in [2.05, 4.69) is 5.10 Å². The number of para-hydroxylation sites is 1. The van der Waals surface area contributed by atoms with E-state index in [1.165, 1.54) is 0 Å². The van der Waals surface area contributed by atoms with Crippen LogP contribution in [0.4, 0.5) is 0 Å². The van der Waals surface area contributed by atoms with Crippen LogP contribution >= 0.6 is 11.6 Å². The van der Waals surface area contributed by atoms with E-state index >= 15 is 0 Å². The van der Waals surface area contributed by atoms with Crippen LogP contribution in [0.2, 0.25) is 5.02 Å². The summed E-state index contributed by atoms with van der Waals surface area (Å²) in [5.74, 6) is -0.856. The van der Waals surface area contributed by atoms with Crippen molar-refractivity contribution >= 4 is 23.4 Å². The normalized spacial score (nSPS) is 10.6. The van der Waals surface area contributed by atoms with Gasteiger partial charge in [0.1, 0.15) is 5.56 Å². The van der Waals surface area contributed by atoms with Crippen LogP contribution in [-0.2, 0) is 4.74 Å². The van der Waals surface area contributed by atoms with Gasteiger partial charge in [0.25, 0.3) is 0 Å². The second-order valence-electron chi connectivity index (χ2n) is 5.80. The molecule has 0 bridgehead atoms. The molecule has 1 heterocycles. The minimum atomic E-state index is -0.565. The molecule has 0 fully saturated rings. The lowest BCUT2D eigenvalue weighted by molar-refractivity contribution is 0.0473. The van der Waals surface area contributed by atoms with Crippen LogP contribution < -0.4 is 0 Å². The molecular weight excluding hydrogens is 352 g/mol. The fourth-order valence-electron chi connectivity index (χ4n) is 2.68. The number of hydrogen-bond donors (Lipinski definition) is 0. The van der Waals surface area contributed by atoms with Crippen molar-refractivity contribution in [3.05, 3.63) is 82.1 Å². The van der Waals surface area contributed by atoms with Crippen molar-refractivity contribution < 1.29 is 14.3 Å². The number of nitrogens with zero attached hydrogens (tertiary/aromatic N) is 2. The number of aromatic nitrogens is 2. The van der Waals surface area contributed by atoms with Crippen molar-refractivity contribution in [1.29, 1.82) is 0 Å². The smallest absolute Gasteiger partial charge is 0.342 e. The van der Waals surface area contributed by atoms with E-state index in [1.807, 2.05) is 30.3 Å². The fraction of sp³-hybridized carbons (Fsp3) is 0.150. The molecule has 0 amide bonds. The summed E-state index contributed by atoms with van der Waals surface area (Å²) < 4.78 is 6.90. The Morgan fingerprint density at radius 3 is 2.35 bits per heavy atom. The highest BCUT2D eigenvalue weighted by atomic mass is 35.5. The van der Waals surface area contributed by atoms with Gasteiger partial charge in [-0.25, -0.2) is 9.48 Å². The summed E-state index contributed by atoms with van der Waals surface area (Å²) in [5, 5.41) is 4.95. The fourth-order valence-corrected chi connectivity index (χ4v) is 2.81. The minimum absolute atomic E-state index is 0.291. The van der Waals surface area contributed by atoms with Gasteiger partial charge >= 0.3 is 5.97 Å². The van der Waals surface area contributed by atoms with E-state index in [0.717, 1.165) is 5.69 Å². The molecule has 0 atom stereocenters. The summed E-state index contributed by atoms with van der Waals surface area (Å²) in [4.78, 5) is 24.6. The van der Waals surface area contributed by atoms with Gasteiger partial charge < -0.3 is 4.74 Å². The van der Waals surface area contributed by atoms with Crippen molar-refractivity contribution in [2.75, 3.05) is 6.61 Å². The van der Waals surface area contributed by atoms with Crippen LogP contribution in [0.1, 0.15) is 32.1 Å². The first-order chi connectivity index (χ1) is 12.5. The number of aryl methyl sites for hydroxylation is 1. The summed E-state index contributed by atoms with van der Waals surface area (Å²) in [5.41, 5.74) is 2.88. The minimum Gasteiger partial charge on any atom is -0.454 e. The standard InChI is InChI=1S/C20H17ClN2O3/c1-13-19(14(2)23(22-13)17-6-4-3-5-7-17)20(25)26-12-18(24)15-8-10-16(21)11-9-15/h3-11H,12H2,1-2H3. The zero-order valence-corrected chi connectivity index (χ0v) is 15.2. The number of ketones is 1. The zero-order valence-electron chi connectivity index (χ0n) is 14.4. The van der Waals surface area contributed by atoms with E-state index in [9.17, 15) is 9.59 Å². The number of carbonyl (C=O) groups excluding carboxylic acids is 2. The van der Waals surface area contributed by atoms with Crippen LogP contribution in [0.25, 0.3) is 5.69 Å². The number of hydrogen-bond acceptors (Lipinski definition) is 4. The second kappa shape index (κ2) is 7.54. The zero-order chi connectivity index (χ0) is 18.7. The predicted octanol–water partition coefficient (Wildman–Crippen LogP) is 4.18. The molecule has 0 saturated heterocycles. The van der Waals surface area contributed by atoms with Crippen molar-refractivity contribution in [3.63, 3.8) is 0 Å². The van der Waals surface area contributed by atoms with Crippen LogP contribution in [0, 0.1) is 13.8 Å². The lowest BCUT2D eigenvalue weighted by Gasteiger charge is -2.06. The number of Topliss-reactive ketones (excluding diaryl/α,β-unsaturated/α-hetero) is 1. The quantitative estimate of drug-likeness (QED) is 0.500. The average molecular weight is 369 g/mol. The van der Waals surface area contributed by atoms with Crippen molar-refractivity contribution in [3.8, 4) is 5.69 Å². The van der Waals surface area contributed by atoms with Gasteiger partial charge in [-0.2, -0.15) is 5.10 Å². The van der Waals surface area contributed by atoms with Crippen LogP contribution in [0.5, 0.6) is 0 Å². The molecule has 0 unspecified atom stereocenters. The molecule has 0 aliphatic heterocycles. The number of benzene rings is 2. The predicted molar refractivity (Wildman–Crippen MR) is 99.1 cm³/mol. The molecule has 0 aliphatic rings. The van der Waals surface area contributed by atoms with Crippen molar-refractivity contribution in [2.24, 2.45) is 0 Å². The highest BCUT2D eigenvalue weighted by Gasteiger charge is 2.21. The van der Waals surface area contributed by atoms with Gasteiger partial charge in [-0.3, -0.25) is 4.79 Å². The Balaban J connectivity index is 1.75. The number of esters is 1. The Labute approximate surface area is 156 Å². The van der Waals surface area contributed by atoms with Crippen LogP contribution in [0.3, 0.4) is 0 Å². The van der Waals surface area contributed by atoms with Gasteiger partial charge in [-0.15, -0.1) is 0 Å². The van der Waals surface area contributed by atoms with Crippen LogP contribution in [-0.4, -0.2) is 28.1 Å². The van der Waals surface area contributed by atoms with Crippen molar-refractivity contribution in [1.82, 2.24) is 9.78 Å². The Morgan fingerprint density at radius 1 is 1.04 bits per heavy atom. The molecule has 5 nitrogen and oxygen atoms in total. The molecule has 6 heteroatoms. The molecule has 3 aromatic rings. The Hall–Kier alpha value is -2.92. The first kappa shape index (κ1) is 17.9. The molecule has 0 saturated carbocycles. The maximum absolute atomic E-state index is 12.5. The number of ether oxygens (including phenoxy) is 1. The molecule has 132 valence electrons. The SMILES string of the molecule is Cc1nn(-c2ccccc2)c(C)c1C(=O)OCC(=O)c1ccc(Cl)cc1. The lowest BCUT2D eigenvalue weighted by atomic mass is 10.1. The molecular formula is C20H17ClN2O3. The maximum atomic E-state index is 12.5. The summed E-state index contributed by atoms with van der Waals surface area (Å²) in [6, 6.07) is 15.9. The maximum Gasteiger partial charge on any atom is 0.342 e. The average Bonchev–Trinajstić information content (AvgIpc) is 2.95. The summed E-state index contributed by atoms with van der Waals surface area (Å²) in [7, 11) is 0. The van der Waals surface area contributed by atoms with Gasteiger partial charge in [0.2, 0.25) is 0 Å². The number of rotatable bonds is 5. The third kappa shape index (κ3) is 3.68. The summed E-state index contributed by atoms with van der Waals surface area (Å²) in [6.07, 6.45) is 0. The van der Waals surface area contributed by atoms with Gasteiger partial charge in [-0.1, -0.05) is 29.8 Å². The molecule has 0 radical (unpaired) electrons. The number of carbonyl (C=O) groups is 2. The highest BCUT2D eigenvalue weighted by Crippen LogP contribution is 2.19. The monoisotopic (exact) mass is 368 g/mol. The summed E-state index contributed by atoms with van der Waals surface area (Å²) >= 11 is 5.81. The molecule has 0 N–H and O–H groups in total. The molecule has 1 aromatic heterocycles. The molecule has 0 spiro atoms. The van der Waals surface area contributed by atoms with Crippen molar-refractivity contribution in [2.45, 2.75) is 13.8 Å². The lowest BCUT2D eigenvalue weighted by Crippen LogP contribution is -2.15. The highest BCUT2D eigenvalue weighted by molar-refractivity contribution is 6.30. The Kier molecular flexibility index (Phi) is 5.19. The molecule has 3 rings (SSSR count). The van der Waals surface area contributed by atoms with E-state index in [1.54, 1.807) is 42.8 Å². The molecule has 0 aliphatic carbocycles. The van der Waals surface area contributed by atoms with Gasteiger partial charge in [0.15, 0.2) is 12.4 Å². The second-order valence-corrected chi connectivity index (χ2v) is 6.24. The van der Waals surface area contributed by atoms with E-state index in [4.69, 9.17) is 16.3 Å². The largest absolute Gasteiger partial charge is 0.454 e. The first-order valence-electron chi connectivity index (χ1n) is 8.05. The van der Waals surface area contributed by atoms with E-state index in [0.29, 0.717) is 27.5 Å². The first-order valence-corrected chi connectivity index (χ1v) is 8.42. The number of halogens is 1. The Morgan fingerprint density at radius 2 is 1.69 bits per heavy atom. The molecule has 2 aromatic carbocycles. The molecule has 26 heavy (non-hydrogen) atoms. The van der Waals surface area contributed by atoms with Gasteiger partial charge in [-0.05, 0) is 50.2 Å². The third-order valence-corrected chi connectivity index (χ3v) is 4.25. The Bertz CT molecular complexity index is 947. The van der Waals surface area contributed by atoms with E-state index in [-0.39, 0.29) is 12.4 Å². The van der Waals surface area contributed by atoms with Gasteiger partial charge in [0, 0.05) is 10.6 Å². The third-order valence-electron chi connectivity index (χ3n) is 4.00.